The first-order valence-electron chi connectivity index (χ1n) is 14.4. The first-order valence-corrected chi connectivity index (χ1v) is 14.4. The van der Waals surface area contributed by atoms with E-state index >= 15 is 0 Å². The van der Waals surface area contributed by atoms with Crippen molar-refractivity contribution in [1.29, 1.82) is 0 Å². The zero-order valence-corrected chi connectivity index (χ0v) is 24.6. The van der Waals surface area contributed by atoms with Gasteiger partial charge in [-0.15, -0.1) is 0 Å². The summed E-state index contributed by atoms with van der Waals surface area (Å²) in [5.74, 6) is 3.71. The van der Waals surface area contributed by atoms with Crippen LogP contribution in [-0.4, -0.2) is 42.7 Å². The van der Waals surface area contributed by atoms with Gasteiger partial charge in [-0.1, -0.05) is 24.3 Å². The maximum absolute atomic E-state index is 5.52. The van der Waals surface area contributed by atoms with Crippen LogP contribution in [0.5, 0.6) is 17.2 Å². The lowest BCUT2D eigenvalue weighted by molar-refractivity contribution is 0.414. The van der Waals surface area contributed by atoms with Crippen LogP contribution in [0.3, 0.4) is 0 Å². The molecule has 10 heteroatoms. The van der Waals surface area contributed by atoms with Crippen molar-refractivity contribution in [3.8, 4) is 17.2 Å². The van der Waals surface area contributed by atoms with E-state index in [0.29, 0.717) is 23.3 Å². The summed E-state index contributed by atoms with van der Waals surface area (Å²) in [4.78, 5) is 9.41. The largest absolute Gasteiger partial charge is 0.497 e. The normalized spacial score (nSPS) is 15.8. The third-order valence-electron chi connectivity index (χ3n) is 7.67. The minimum atomic E-state index is 0.369. The minimum Gasteiger partial charge on any atom is -0.497 e. The van der Waals surface area contributed by atoms with Crippen molar-refractivity contribution in [3.05, 3.63) is 89.0 Å². The fourth-order valence-electron chi connectivity index (χ4n) is 5.47. The van der Waals surface area contributed by atoms with Crippen molar-refractivity contribution < 1.29 is 14.2 Å². The number of rotatable bonds is 9. The summed E-state index contributed by atoms with van der Waals surface area (Å²) in [7, 11) is 4.99. The van der Waals surface area contributed by atoms with Gasteiger partial charge >= 0.3 is 0 Å². The highest BCUT2D eigenvalue weighted by atomic mass is 16.5. The zero-order chi connectivity index (χ0) is 29.6. The van der Waals surface area contributed by atoms with Gasteiger partial charge in [0.2, 0.25) is 5.95 Å². The summed E-state index contributed by atoms with van der Waals surface area (Å²) < 4.78 is 16.5. The summed E-state index contributed by atoms with van der Waals surface area (Å²) >= 11 is 0. The van der Waals surface area contributed by atoms with E-state index in [2.05, 4.69) is 28.3 Å². The molecule has 0 spiro atoms. The number of nitrogens with zero attached hydrogens (tertiary/aromatic N) is 4. The van der Waals surface area contributed by atoms with Crippen molar-refractivity contribution in [2.24, 2.45) is 10.2 Å². The monoisotopic (exact) mass is 577 g/mol. The van der Waals surface area contributed by atoms with Crippen molar-refractivity contribution in [2.45, 2.75) is 38.5 Å². The lowest BCUT2D eigenvalue weighted by Gasteiger charge is -2.19. The Morgan fingerprint density at radius 3 is 1.72 bits per heavy atom. The molecule has 2 aliphatic rings. The topological polar surface area (TPSA) is 114 Å². The van der Waals surface area contributed by atoms with Gasteiger partial charge < -0.3 is 19.5 Å². The van der Waals surface area contributed by atoms with Gasteiger partial charge in [-0.05, 0) is 86.1 Å². The second-order valence-corrected chi connectivity index (χ2v) is 10.4. The maximum Gasteiger partial charge on any atom is 0.231 e. The molecule has 220 valence electrons. The summed E-state index contributed by atoms with van der Waals surface area (Å²) in [5.41, 5.74) is 13.7. The summed E-state index contributed by atoms with van der Waals surface area (Å²) in [6, 6.07) is 21.7. The lowest BCUT2D eigenvalue weighted by atomic mass is 9.90. The van der Waals surface area contributed by atoms with Crippen LogP contribution in [0, 0.1) is 0 Å². The lowest BCUT2D eigenvalue weighted by Crippen LogP contribution is -2.15. The molecule has 0 amide bonds. The molecular weight excluding hydrogens is 542 g/mol. The highest BCUT2D eigenvalue weighted by Crippen LogP contribution is 2.29. The van der Waals surface area contributed by atoms with E-state index in [4.69, 9.17) is 34.4 Å². The number of hydrogen-bond acceptors (Lipinski definition) is 10. The van der Waals surface area contributed by atoms with Crippen LogP contribution < -0.4 is 30.4 Å². The van der Waals surface area contributed by atoms with Gasteiger partial charge in [0.25, 0.3) is 0 Å². The Morgan fingerprint density at radius 1 is 0.628 bits per heavy atom. The number of methoxy groups -OCH3 is 3. The van der Waals surface area contributed by atoms with E-state index < -0.39 is 0 Å². The van der Waals surface area contributed by atoms with E-state index in [-0.39, 0.29) is 0 Å². The van der Waals surface area contributed by atoms with Gasteiger partial charge in [0.1, 0.15) is 17.2 Å². The molecule has 43 heavy (non-hydrogen) atoms. The Balaban J connectivity index is 1.32. The van der Waals surface area contributed by atoms with Gasteiger partial charge in [-0.2, -0.15) is 20.2 Å². The fraction of sp³-hybridized carbons (Fsp3) is 0.273. The number of benzene rings is 3. The van der Waals surface area contributed by atoms with Crippen LogP contribution in [0.1, 0.15) is 47.9 Å². The van der Waals surface area contributed by atoms with Gasteiger partial charge in [-0.25, -0.2) is 0 Å². The molecule has 0 aliphatic heterocycles. The van der Waals surface area contributed by atoms with E-state index in [1.807, 2.05) is 48.5 Å². The SMILES string of the molecule is COc1ccc2c(c1)C(=NNc1cc(NN=C3CCCc4ccc(OC)cc43)nc(Nc3ccccc3OC)n1)CCC2. The molecule has 3 N–H and O–H groups in total. The van der Waals surface area contributed by atoms with Gasteiger partial charge in [0, 0.05) is 17.2 Å². The molecule has 1 heterocycles. The molecule has 0 saturated heterocycles. The molecular formula is C33H35N7O3. The molecule has 0 atom stereocenters. The van der Waals surface area contributed by atoms with E-state index in [0.717, 1.165) is 78.3 Å². The molecule has 3 aromatic carbocycles. The van der Waals surface area contributed by atoms with Crippen molar-refractivity contribution in [1.82, 2.24) is 9.97 Å². The van der Waals surface area contributed by atoms with E-state index in [1.165, 1.54) is 11.1 Å². The number of hydrogen-bond donors (Lipinski definition) is 3. The Labute approximate surface area is 251 Å². The maximum atomic E-state index is 5.52. The Hall–Kier alpha value is -5.12. The van der Waals surface area contributed by atoms with Crippen LogP contribution >= 0.6 is 0 Å². The average molecular weight is 578 g/mol. The molecule has 0 saturated carbocycles. The third-order valence-corrected chi connectivity index (χ3v) is 7.67. The Morgan fingerprint density at radius 2 is 1.19 bits per heavy atom. The zero-order valence-electron chi connectivity index (χ0n) is 24.6. The van der Waals surface area contributed by atoms with E-state index in [9.17, 15) is 0 Å². The number of aromatic nitrogens is 2. The predicted molar refractivity (Wildman–Crippen MR) is 170 cm³/mol. The number of aryl methyl sites for hydroxylation is 2. The number of para-hydroxylation sites is 2. The van der Waals surface area contributed by atoms with Crippen LogP contribution in [0.4, 0.5) is 23.3 Å². The molecule has 0 radical (unpaired) electrons. The molecule has 4 aromatic rings. The average Bonchev–Trinajstić information content (AvgIpc) is 3.06. The van der Waals surface area contributed by atoms with Crippen LogP contribution in [-0.2, 0) is 12.8 Å². The second kappa shape index (κ2) is 12.8. The first-order chi connectivity index (χ1) is 21.1. The molecule has 0 unspecified atom stereocenters. The third kappa shape index (κ3) is 6.38. The van der Waals surface area contributed by atoms with Crippen molar-refractivity contribution >= 4 is 34.7 Å². The standard InChI is InChI=1S/C33H35N7O3/c1-41-23-16-14-21-8-6-11-27(25(21)18-23)37-39-31-20-32(36-33(35-31)34-29-10-4-5-13-30(29)43-3)40-38-28-12-7-9-22-15-17-24(42-2)19-26(22)28/h4-5,10,13-20H,6-9,11-12H2,1-3H3,(H3,34,35,36,39,40). The molecule has 1 aromatic heterocycles. The van der Waals surface area contributed by atoms with Crippen LogP contribution in [0.15, 0.2) is 76.9 Å². The smallest absolute Gasteiger partial charge is 0.231 e. The Bertz CT molecular complexity index is 1590. The van der Waals surface area contributed by atoms with Crippen molar-refractivity contribution in [3.63, 3.8) is 0 Å². The van der Waals surface area contributed by atoms with E-state index in [1.54, 1.807) is 27.4 Å². The second-order valence-electron chi connectivity index (χ2n) is 10.4. The summed E-state index contributed by atoms with van der Waals surface area (Å²) in [6.07, 6.45) is 5.80. The minimum absolute atomic E-state index is 0.369. The quantitative estimate of drug-likeness (QED) is 0.192. The van der Waals surface area contributed by atoms with Gasteiger partial charge in [0.05, 0.1) is 38.4 Å². The molecule has 2 aliphatic carbocycles. The fourth-order valence-corrected chi connectivity index (χ4v) is 5.47. The highest BCUT2D eigenvalue weighted by molar-refractivity contribution is 6.04. The molecule has 0 fully saturated rings. The molecule has 0 bridgehead atoms. The summed E-state index contributed by atoms with van der Waals surface area (Å²) in [5, 5.41) is 12.9. The number of anilines is 4. The van der Waals surface area contributed by atoms with Gasteiger partial charge in [-0.3, -0.25) is 10.9 Å². The van der Waals surface area contributed by atoms with Gasteiger partial charge in [0.15, 0.2) is 11.6 Å². The summed E-state index contributed by atoms with van der Waals surface area (Å²) in [6.45, 7) is 0. The first kappa shape index (κ1) is 28.0. The highest BCUT2D eigenvalue weighted by Gasteiger charge is 2.18. The molecule has 6 rings (SSSR count). The van der Waals surface area contributed by atoms with Crippen molar-refractivity contribution in [2.75, 3.05) is 37.5 Å². The number of hydrazone groups is 2. The Kier molecular flexibility index (Phi) is 8.35. The number of ether oxygens (including phenoxy) is 3. The molecule has 10 nitrogen and oxygen atoms in total. The number of fused-ring (bicyclic) bond motifs is 2. The number of nitrogens with one attached hydrogen (secondary N) is 3. The predicted octanol–water partition coefficient (Wildman–Crippen LogP) is 6.55. The van der Waals surface area contributed by atoms with Crippen LogP contribution in [0.25, 0.3) is 0 Å². The van der Waals surface area contributed by atoms with Crippen LogP contribution in [0.2, 0.25) is 0 Å².